The maximum absolute atomic E-state index is 3.69. The molecule has 0 atom stereocenters. The number of hydrogen-bond donors (Lipinski definition) is 0. The zero-order valence-electron chi connectivity index (χ0n) is 14.8. The zero-order chi connectivity index (χ0) is 18.6. The predicted molar refractivity (Wildman–Crippen MR) is 127 cm³/mol. The van der Waals surface area contributed by atoms with Gasteiger partial charge in [0.15, 0.2) is 0 Å². The van der Waals surface area contributed by atoms with Crippen molar-refractivity contribution in [2.24, 2.45) is 0 Å². The van der Waals surface area contributed by atoms with Crippen molar-refractivity contribution in [1.82, 2.24) is 0 Å². The molecule has 134 valence electrons. The van der Waals surface area contributed by atoms with Gasteiger partial charge in [-0.3, -0.25) is 0 Å². The summed E-state index contributed by atoms with van der Waals surface area (Å²) in [4.78, 5) is 0. The van der Waals surface area contributed by atoms with E-state index in [2.05, 4.69) is 128 Å². The summed E-state index contributed by atoms with van der Waals surface area (Å²) >= 11 is 11.1. The fraction of sp³-hybridized carbons (Fsp3) is 0.182. The van der Waals surface area contributed by atoms with Crippen molar-refractivity contribution in [3.05, 3.63) is 86.2 Å². The Labute approximate surface area is 181 Å². The Hall–Kier alpha value is -0.835. The molecule has 3 aromatic carbocycles. The van der Waals surface area contributed by atoms with E-state index < -0.39 is 6.15 Å². The van der Waals surface area contributed by atoms with Gasteiger partial charge in [-0.05, 0) is 18.2 Å². The number of rotatable bonds is 6. The van der Waals surface area contributed by atoms with Gasteiger partial charge in [-0.15, -0.1) is 0 Å². The number of halogens is 3. The molecule has 26 heavy (non-hydrogen) atoms. The van der Waals surface area contributed by atoms with Crippen molar-refractivity contribution in [3.63, 3.8) is 0 Å². The summed E-state index contributed by atoms with van der Waals surface area (Å²) in [6.45, 7) is 2.27. The Kier molecular flexibility index (Phi) is 6.82. The maximum Gasteiger partial charge on any atom is 0.0816 e. The SMILES string of the molecule is CCCC[B-](c1cccc(Br)c1)(c1cccc(Br)c1)c1cccc(Br)c1. The molecule has 3 rings (SSSR count). The minimum Gasteiger partial charge on any atom is -0.199 e. The van der Waals surface area contributed by atoms with Crippen molar-refractivity contribution < 1.29 is 0 Å². The third-order valence-electron chi connectivity index (χ3n) is 5.24. The molecule has 0 amide bonds. The Morgan fingerprint density at radius 1 is 0.654 bits per heavy atom. The van der Waals surface area contributed by atoms with E-state index in [1.165, 1.54) is 29.2 Å². The molecular formula is C22H21BBr3-. The van der Waals surface area contributed by atoms with Gasteiger partial charge in [0.1, 0.15) is 0 Å². The smallest absolute Gasteiger partial charge is 0.0816 e. The van der Waals surface area contributed by atoms with Gasteiger partial charge in [0, 0.05) is 13.4 Å². The molecule has 3 aromatic rings. The van der Waals surface area contributed by atoms with Crippen LogP contribution >= 0.6 is 47.8 Å². The van der Waals surface area contributed by atoms with Crippen LogP contribution in [-0.2, 0) is 0 Å². The second-order valence-corrected chi connectivity index (χ2v) is 9.60. The Balaban J connectivity index is 2.34. The molecule has 0 fully saturated rings. The average Bonchev–Trinajstić information content (AvgIpc) is 2.63. The van der Waals surface area contributed by atoms with E-state index in [0.717, 1.165) is 19.7 Å². The highest BCUT2D eigenvalue weighted by Crippen LogP contribution is 2.21. The molecule has 0 heterocycles. The second-order valence-electron chi connectivity index (χ2n) is 6.85. The van der Waals surface area contributed by atoms with Crippen LogP contribution in [0.1, 0.15) is 19.8 Å². The topological polar surface area (TPSA) is 0 Å². The van der Waals surface area contributed by atoms with Crippen molar-refractivity contribution in [2.45, 2.75) is 26.1 Å². The van der Waals surface area contributed by atoms with Crippen LogP contribution in [0.5, 0.6) is 0 Å². The highest BCUT2D eigenvalue weighted by atomic mass is 79.9. The Bertz CT molecular complexity index is 781. The fourth-order valence-electron chi connectivity index (χ4n) is 4.03. The minimum absolute atomic E-state index is 1.06. The molecule has 0 spiro atoms. The van der Waals surface area contributed by atoms with E-state index in [1.807, 2.05) is 0 Å². The standard InChI is InChI=1S/C22H21BBr3/c1-2-3-13-23(17-7-4-10-20(24)14-17,18-8-5-11-21(25)15-18)19-9-6-12-22(26)16-19/h4-12,14-16H,2-3,13H2,1H3/q-1. The molecule has 0 aliphatic carbocycles. The van der Waals surface area contributed by atoms with Crippen LogP contribution in [0, 0.1) is 0 Å². The van der Waals surface area contributed by atoms with Crippen LogP contribution in [0.3, 0.4) is 0 Å². The van der Waals surface area contributed by atoms with Gasteiger partial charge in [0.2, 0.25) is 0 Å². The Morgan fingerprint density at radius 3 is 1.35 bits per heavy atom. The summed E-state index contributed by atoms with van der Waals surface area (Å²) in [6, 6.07) is 26.5. The third kappa shape index (κ3) is 4.18. The number of benzene rings is 3. The average molecular weight is 536 g/mol. The molecule has 0 N–H and O–H groups in total. The molecule has 0 nitrogen and oxygen atoms in total. The summed E-state index contributed by atoms with van der Waals surface area (Å²) in [5.41, 5.74) is 4.14. The van der Waals surface area contributed by atoms with Crippen LogP contribution in [0.15, 0.2) is 86.2 Å². The Morgan fingerprint density at radius 2 is 1.04 bits per heavy atom. The largest absolute Gasteiger partial charge is 0.199 e. The van der Waals surface area contributed by atoms with Gasteiger partial charge in [0.25, 0.3) is 0 Å². The summed E-state index contributed by atoms with van der Waals surface area (Å²) < 4.78 is 3.38. The van der Waals surface area contributed by atoms with Crippen LogP contribution < -0.4 is 16.4 Å². The molecule has 4 heteroatoms. The van der Waals surface area contributed by atoms with Gasteiger partial charge < -0.3 is 0 Å². The van der Waals surface area contributed by atoms with Gasteiger partial charge in [-0.25, -0.2) is 0 Å². The lowest BCUT2D eigenvalue weighted by molar-refractivity contribution is 0.874. The van der Waals surface area contributed by atoms with Gasteiger partial charge in [-0.2, -0.15) is 22.7 Å². The fourth-order valence-corrected chi connectivity index (χ4v) is 5.28. The molecule has 0 bridgehead atoms. The van der Waals surface area contributed by atoms with Crippen LogP contribution in [-0.4, -0.2) is 6.15 Å². The molecule has 0 radical (unpaired) electrons. The summed E-state index contributed by atoms with van der Waals surface area (Å²) in [5, 5.41) is 0. The van der Waals surface area contributed by atoms with E-state index >= 15 is 0 Å². The van der Waals surface area contributed by atoms with E-state index in [0.29, 0.717) is 0 Å². The van der Waals surface area contributed by atoms with Crippen LogP contribution in [0.25, 0.3) is 0 Å². The molecule has 0 unspecified atom stereocenters. The monoisotopic (exact) mass is 533 g/mol. The second kappa shape index (κ2) is 8.90. The highest BCUT2D eigenvalue weighted by molar-refractivity contribution is 9.11. The summed E-state index contributed by atoms with van der Waals surface area (Å²) in [7, 11) is 0. The zero-order valence-corrected chi connectivity index (χ0v) is 19.5. The van der Waals surface area contributed by atoms with Gasteiger partial charge in [0.05, 0.1) is 6.15 Å². The van der Waals surface area contributed by atoms with E-state index in [9.17, 15) is 0 Å². The quantitative estimate of drug-likeness (QED) is 0.328. The lowest BCUT2D eigenvalue weighted by atomic mass is 9.14. The van der Waals surface area contributed by atoms with Crippen LogP contribution in [0.2, 0.25) is 6.32 Å². The van der Waals surface area contributed by atoms with E-state index in [4.69, 9.17) is 0 Å². The first-order valence-electron chi connectivity index (χ1n) is 9.01. The lowest BCUT2D eigenvalue weighted by Gasteiger charge is -2.43. The number of hydrogen-bond acceptors (Lipinski definition) is 0. The van der Waals surface area contributed by atoms with Crippen LogP contribution in [0.4, 0.5) is 0 Å². The first kappa shape index (κ1) is 19.9. The van der Waals surface area contributed by atoms with E-state index in [-0.39, 0.29) is 0 Å². The first-order chi connectivity index (χ1) is 12.6. The molecule has 0 aliphatic rings. The van der Waals surface area contributed by atoms with Crippen molar-refractivity contribution in [2.75, 3.05) is 0 Å². The molecule has 0 saturated carbocycles. The van der Waals surface area contributed by atoms with Crippen molar-refractivity contribution in [3.8, 4) is 0 Å². The van der Waals surface area contributed by atoms with Gasteiger partial charge >= 0.3 is 0 Å². The van der Waals surface area contributed by atoms with E-state index in [1.54, 1.807) is 0 Å². The highest BCUT2D eigenvalue weighted by Gasteiger charge is 2.29. The lowest BCUT2D eigenvalue weighted by Crippen LogP contribution is -2.67. The normalized spacial score (nSPS) is 11.5. The summed E-state index contributed by atoms with van der Waals surface area (Å²) in [5.74, 6) is 0. The van der Waals surface area contributed by atoms with Crippen molar-refractivity contribution in [1.29, 1.82) is 0 Å². The minimum atomic E-state index is -1.06. The van der Waals surface area contributed by atoms with Crippen molar-refractivity contribution >= 4 is 70.3 Å². The predicted octanol–water partition coefficient (Wildman–Crippen LogP) is 6.24. The van der Waals surface area contributed by atoms with Gasteiger partial charge in [-0.1, -0.05) is 122 Å². The maximum atomic E-state index is 3.69. The molecule has 0 aromatic heterocycles. The molecule has 0 aliphatic heterocycles. The third-order valence-corrected chi connectivity index (χ3v) is 6.72. The molecular weight excluding hydrogens is 515 g/mol. The molecule has 0 saturated heterocycles. The summed E-state index contributed by atoms with van der Waals surface area (Å²) in [6.07, 6.45) is 2.43. The number of unbranched alkanes of at least 4 members (excludes halogenated alkanes) is 1. The first-order valence-corrected chi connectivity index (χ1v) is 11.4.